The summed E-state index contributed by atoms with van der Waals surface area (Å²) in [4.78, 5) is 11.6. The summed E-state index contributed by atoms with van der Waals surface area (Å²) in [5, 5.41) is 7.46. The SMILES string of the molecule is CC(C)NCC(=O)Cc1ccn(C(C)C)n1. The standard InChI is InChI=1S/C12H21N3O/c1-9(2)13-8-12(16)7-11-5-6-15(14-11)10(3)4/h5-6,9-10,13H,7-8H2,1-4H3. The van der Waals surface area contributed by atoms with Crippen LogP contribution >= 0.6 is 0 Å². The van der Waals surface area contributed by atoms with Gasteiger partial charge in [0.05, 0.1) is 18.7 Å². The minimum absolute atomic E-state index is 0.183. The minimum Gasteiger partial charge on any atom is -0.308 e. The average Bonchev–Trinajstić information content (AvgIpc) is 2.63. The maximum atomic E-state index is 11.6. The van der Waals surface area contributed by atoms with Crippen molar-refractivity contribution in [1.82, 2.24) is 15.1 Å². The fraction of sp³-hybridized carbons (Fsp3) is 0.667. The summed E-state index contributed by atoms with van der Waals surface area (Å²) < 4.78 is 1.87. The van der Waals surface area contributed by atoms with E-state index in [1.54, 1.807) is 0 Å². The van der Waals surface area contributed by atoms with Crippen LogP contribution in [-0.2, 0) is 11.2 Å². The Morgan fingerprint density at radius 1 is 1.44 bits per heavy atom. The van der Waals surface area contributed by atoms with Crippen LogP contribution in [-0.4, -0.2) is 28.2 Å². The van der Waals surface area contributed by atoms with Gasteiger partial charge in [0.25, 0.3) is 0 Å². The number of rotatable bonds is 6. The van der Waals surface area contributed by atoms with Gasteiger partial charge >= 0.3 is 0 Å². The number of aromatic nitrogens is 2. The van der Waals surface area contributed by atoms with Crippen LogP contribution in [0, 0.1) is 0 Å². The predicted octanol–water partition coefficient (Wildman–Crippen LogP) is 1.57. The largest absolute Gasteiger partial charge is 0.308 e. The molecule has 90 valence electrons. The van der Waals surface area contributed by atoms with E-state index in [1.807, 2.05) is 30.8 Å². The molecule has 0 aliphatic carbocycles. The fourth-order valence-corrected chi connectivity index (χ4v) is 1.34. The van der Waals surface area contributed by atoms with Crippen molar-refractivity contribution in [2.45, 2.75) is 46.2 Å². The molecule has 0 aliphatic heterocycles. The number of nitrogens with zero attached hydrogens (tertiary/aromatic N) is 2. The van der Waals surface area contributed by atoms with Crippen molar-refractivity contribution in [3.8, 4) is 0 Å². The summed E-state index contributed by atoms with van der Waals surface area (Å²) in [6.07, 6.45) is 2.34. The van der Waals surface area contributed by atoms with Crippen LogP contribution in [0.15, 0.2) is 12.3 Å². The predicted molar refractivity (Wildman–Crippen MR) is 64.5 cm³/mol. The van der Waals surface area contributed by atoms with Gasteiger partial charge in [-0.25, -0.2) is 0 Å². The van der Waals surface area contributed by atoms with Gasteiger partial charge in [0, 0.05) is 18.3 Å². The van der Waals surface area contributed by atoms with E-state index in [-0.39, 0.29) is 5.78 Å². The normalized spacial score (nSPS) is 11.4. The lowest BCUT2D eigenvalue weighted by Crippen LogP contribution is -2.30. The van der Waals surface area contributed by atoms with Crippen molar-refractivity contribution < 1.29 is 4.79 Å². The molecule has 0 saturated heterocycles. The zero-order valence-corrected chi connectivity index (χ0v) is 10.5. The highest BCUT2D eigenvalue weighted by Gasteiger charge is 2.08. The number of carbonyl (C=O) groups excluding carboxylic acids is 1. The molecule has 0 radical (unpaired) electrons. The molecule has 0 saturated carbocycles. The number of nitrogens with one attached hydrogen (secondary N) is 1. The van der Waals surface area contributed by atoms with E-state index >= 15 is 0 Å². The summed E-state index contributed by atoms with van der Waals surface area (Å²) >= 11 is 0. The van der Waals surface area contributed by atoms with E-state index in [2.05, 4.69) is 24.3 Å². The topological polar surface area (TPSA) is 46.9 Å². The fourth-order valence-electron chi connectivity index (χ4n) is 1.34. The van der Waals surface area contributed by atoms with Gasteiger partial charge in [0.2, 0.25) is 0 Å². The first kappa shape index (κ1) is 12.9. The lowest BCUT2D eigenvalue weighted by molar-refractivity contribution is -0.117. The molecular weight excluding hydrogens is 202 g/mol. The van der Waals surface area contributed by atoms with E-state index in [1.165, 1.54) is 0 Å². The molecule has 0 atom stereocenters. The van der Waals surface area contributed by atoms with Crippen molar-refractivity contribution in [2.75, 3.05) is 6.54 Å². The first-order chi connectivity index (χ1) is 7.49. The van der Waals surface area contributed by atoms with Crippen molar-refractivity contribution in [3.63, 3.8) is 0 Å². The van der Waals surface area contributed by atoms with Crippen molar-refractivity contribution in [2.24, 2.45) is 0 Å². The molecule has 0 unspecified atom stereocenters. The van der Waals surface area contributed by atoms with Crippen LogP contribution in [0.25, 0.3) is 0 Å². The third kappa shape index (κ3) is 4.14. The van der Waals surface area contributed by atoms with Crippen LogP contribution in [0.4, 0.5) is 0 Å². The molecule has 4 heteroatoms. The van der Waals surface area contributed by atoms with Gasteiger partial charge < -0.3 is 5.32 Å². The zero-order chi connectivity index (χ0) is 12.1. The molecule has 1 heterocycles. The highest BCUT2D eigenvalue weighted by Crippen LogP contribution is 2.04. The van der Waals surface area contributed by atoms with Gasteiger partial charge in [-0.1, -0.05) is 13.8 Å². The summed E-state index contributed by atoms with van der Waals surface area (Å²) in [6.45, 7) is 8.62. The van der Waals surface area contributed by atoms with E-state index in [0.29, 0.717) is 25.0 Å². The minimum atomic E-state index is 0.183. The van der Waals surface area contributed by atoms with E-state index < -0.39 is 0 Å². The molecule has 4 nitrogen and oxygen atoms in total. The van der Waals surface area contributed by atoms with Gasteiger partial charge in [-0.15, -0.1) is 0 Å². The van der Waals surface area contributed by atoms with Gasteiger partial charge in [-0.05, 0) is 19.9 Å². The monoisotopic (exact) mass is 223 g/mol. The van der Waals surface area contributed by atoms with Crippen LogP contribution < -0.4 is 5.32 Å². The van der Waals surface area contributed by atoms with Gasteiger partial charge in [0.1, 0.15) is 0 Å². The first-order valence-corrected chi connectivity index (χ1v) is 5.78. The van der Waals surface area contributed by atoms with Crippen molar-refractivity contribution >= 4 is 5.78 Å². The molecule has 16 heavy (non-hydrogen) atoms. The number of hydrogen-bond acceptors (Lipinski definition) is 3. The molecule has 0 spiro atoms. The third-order valence-electron chi connectivity index (χ3n) is 2.28. The summed E-state index contributed by atoms with van der Waals surface area (Å²) in [7, 11) is 0. The number of Topliss-reactive ketones (excluding diaryl/α,β-unsaturated/α-hetero) is 1. The molecule has 1 aromatic rings. The maximum absolute atomic E-state index is 11.6. The second-order valence-electron chi connectivity index (χ2n) is 4.63. The van der Waals surface area contributed by atoms with E-state index in [4.69, 9.17) is 0 Å². The second kappa shape index (κ2) is 5.80. The Labute approximate surface area is 97.0 Å². The number of carbonyl (C=O) groups is 1. The Bertz CT molecular complexity index is 342. The Morgan fingerprint density at radius 3 is 2.62 bits per heavy atom. The first-order valence-electron chi connectivity index (χ1n) is 5.78. The van der Waals surface area contributed by atoms with Crippen LogP contribution in [0.2, 0.25) is 0 Å². The number of hydrogen-bond donors (Lipinski definition) is 1. The van der Waals surface area contributed by atoms with Crippen molar-refractivity contribution in [3.05, 3.63) is 18.0 Å². The van der Waals surface area contributed by atoms with Gasteiger partial charge in [-0.2, -0.15) is 5.10 Å². The van der Waals surface area contributed by atoms with E-state index in [0.717, 1.165) is 5.69 Å². The Balaban J connectivity index is 2.43. The molecule has 1 aromatic heterocycles. The summed E-state index contributed by atoms with van der Waals surface area (Å²) in [6, 6.07) is 2.60. The average molecular weight is 223 g/mol. The number of ketones is 1. The second-order valence-corrected chi connectivity index (χ2v) is 4.63. The molecular formula is C12H21N3O. The molecule has 0 aliphatic rings. The molecule has 0 amide bonds. The van der Waals surface area contributed by atoms with E-state index in [9.17, 15) is 4.79 Å². The van der Waals surface area contributed by atoms with Gasteiger partial charge in [0.15, 0.2) is 5.78 Å². The Kier molecular flexibility index (Phi) is 4.68. The molecule has 0 bridgehead atoms. The lowest BCUT2D eigenvalue weighted by Gasteiger charge is -2.06. The van der Waals surface area contributed by atoms with Crippen LogP contribution in [0.3, 0.4) is 0 Å². The van der Waals surface area contributed by atoms with Crippen LogP contribution in [0.1, 0.15) is 39.4 Å². The molecule has 1 N–H and O–H groups in total. The Hall–Kier alpha value is -1.16. The lowest BCUT2D eigenvalue weighted by atomic mass is 10.2. The smallest absolute Gasteiger partial charge is 0.152 e. The Morgan fingerprint density at radius 2 is 2.12 bits per heavy atom. The third-order valence-corrected chi connectivity index (χ3v) is 2.28. The highest BCUT2D eigenvalue weighted by atomic mass is 16.1. The van der Waals surface area contributed by atoms with Gasteiger partial charge in [-0.3, -0.25) is 9.48 Å². The summed E-state index contributed by atoms with van der Waals surface area (Å²) in [5.74, 6) is 0.183. The summed E-state index contributed by atoms with van der Waals surface area (Å²) in [5.41, 5.74) is 0.851. The maximum Gasteiger partial charge on any atom is 0.152 e. The van der Waals surface area contributed by atoms with Crippen LogP contribution in [0.5, 0.6) is 0 Å². The quantitative estimate of drug-likeness (QED) is 0.796. The molecule has 1 rings (SSSR count). The van der Waals surface area contributed by atoms with Crippen molar-refractivity contribution in [1.29, 1.82) is 0 Å². The molecule has 0 fully saturated rings. The zero-order valence-electron chi connectivity index (χ0n) is 10.5. The highest BCUT2D eigenvalue weighted by molar-refractivity contribution is 5.82. The molecule has 0 aromatic carbocycles.